The van der Waals surface area contributed by atoms with E-state index in [1.165, 1.54) is 11.1 Å². The van der Waals surface area contributed by atoms with Crippen LogP contribution in [0.15, 0.2) is 24.3 Å². The zero-order valence-electron chi connectivity index (χ0n) is 13.9. The first kappa shape index (κ1) is 16.5. The number of hydrogen-bond donors (Lipinski definition) is 1. The van der Waals surface area contributed by atoms with Gasteiger partial charge in [0.25, 0.3) is 0 Å². The van der Waals surface area contributed by atoms with Gasteiger partial charge in [-0.15, -0.1) is 0 Å². The Morgan fingerprint density at radius 3 is 2.61 bits per heavy atom. The molecule has 23 heavy (non-hydrogen) atoms. The maximum atomic E-state index is 12.5. The highest BCUT2D eigenvalue weighted by atomic mass is 16.5. The third-order valence-electron chi connectivity index (χ3n) is 5.29. The number of hydrogen-bond acceptors (Lipinski definition) is 3. The second-order valence-corrected chi connectivity index (χ2v) is 6.87. The standard InChI is InChI=1S/C19H27NO3/c1-14-5-2-3-6-15(14)13-23-16-9-11-20(12-10-16)19(22)17-7-4-8-18(17)21/h2-3,5-6,16-18,21H,4,7-13H2,1H3. The van der Waals surface area contributed by atoms with Gasteiger partial charge in [0.05, 0.1) is 24.7 Å². The van der Waals surface area contributed by atoms with Crippen LogP contribution in [0.3, 0.4) is 0 Å². The van der Waals surface area contributed by atoms with Crippen molar-refractivity contribution < 1.29 is 14.6 Å². The quantitative estimate of drug-likeness (QED) is 0.929. The second-order valence-electron chi connectivity index (χ2n) is 6.87. The van der Waals surface area contributed by atoms with Crippen molar-refractivity contribution in [1.29, 1.82) is 0 Å². The number of carbonyl (C=O) groups excluding carboxylic acids is 1. The minimum atomic E-state index is -0.433. The lowest BCUT2D eigenvalue weighted by Gasteiger charge is -2.34. The molecule has 0 spiro atoms. The maximum absolute atomic E-state index is 12.5. The first-order valence-corrected chi connectivity index (χ1v) is 8.78. The molecule has 0 aromatic heterocycles. The monoisotopic (exact) mass is 317 g/mol. The molecule has 2 fully saturated rings. The molecular weight excluding hydrogens is 290 g/mol. The van der Waals surface area contributed by atoms with Gasteiger partial charge in [-0.1, -0.05) is 24.3 Å². The number of benzene rings is 1. The minimum Gasteiger partial charge on any atom is -0.392 e. The van der Waals surface area contributed by atoms with E-state index in [1.54, 1.807) is 0 Å². The summed E-state index contributed by atoms with van der Waals surface area (Å²) in [4.78, 5) is 14.4. The SMILES string of the molecule is Cc1ccccc1COC1CCN(C(=O)C2CCCC2O)CC1. The van der Waals surface area contributed by atoms with Crippen molar-refractivity contribution in [3.63, 3.8) is 0 Å². The van der Waals surface area contributed by atoms with Gasteiger partial charge in [0, 0.05) is 13.1 Å². The van der Waals surface area contributed by atoms with Gasteiger partial charge in [-0.05, 0) is 50.2 Å². The van der Waals surface area contributed by atoms with Crippen LogP contribution in [0.1, 0.15) is 43.2 Å². The van der Waals surface area contributed by atoms with Crippen LogP contribution < -0.4 is 0 Å². The van der Waals surface area contributed by atoms with Crippen LogP contribution in [0, 0.1) is 12.8 Å². The number of nitrogens with zero attached hydrogens (tertiary/aromatic N) is 1. The molecule has 2 aliphatic rings. The fourth-order valence-electron chi connectivity index (χ4n) is 3.69. The Morgan fingerprint density at radius 1 is 1.22 bits per heavy atom. The van der Waals surface area contributed by atoms with E-state index in [9.17, 15) is 9.90 Å². The van der Waals surface area contributed by atoms with Crippen LogP contribution in [0.5, 0.6) is 0 Å². The van der Waals surface area contributed by atoms with Gasteiger partial charge in [-0.3, -0.25) is 4.79 Å². The second kappa shape index (κ2) is 7.45. The first-order chi connectivity index (χ1) is 11.1. The Hall–Kier alpha value is -1.39. The molecule has 1 saturated carbocycles. The van der Waals surface area contributed by atoms with Gasteiger partial charge in [0.15, 0.2) is 0 Å². The van der Waals surface area contributed by atoms with E-state index in [0.717, 1.165) is 45.2 Å². The lowest BCUT2D eigenvalue weighted by molar-refractivity contribution is -0.141. The molecule has 1 aromatic carbocycles. The van der Waals surface area contributed by atoms with Crippen LogP contribution in [0.4, 0.5) is 0 Å². The highest BCUT2D eigenvalue weighted by Crippen LogP contribution is 2.28. The molecule has 4 heteroatoms. The van der Waals surface area contributed by atoms with E-state index >= 15 is 0 Å². The van der Waals surface area contributed by atoms with E-state index in [0.29, 0.717) is 6.61 Å². The van der Waals surface area contributed by atoms with E-state index in [4.69, 9.17) is 4.74 Å². The summed E-state index contributed by atoms with van der Waals surface area (Å²) in [7, 11) is 0. The lowest BCUT2D eigenvalue weighted by atomic mass is 10.0. The smallest absolute Gasteiger partial charge is 0.228 e. The third kappa shape index (κ3) is 3.93. The highest BCUT2D eigenvalue weighted by molar-refractivity contribution is 5.79. The van der Waals surface area contributed by atoms with Crippen molar-refractivity contribution in [2.45, 2.75) is 57.8 Å². The Morgan fingerprint density at radius 2 is 1.96 bits per heavy atom. The molecule has 1 aliphatic carbocycles. The molecule has 1 aromatic rings. The predicted molar refractivity (Wildman–Crippen MR) is 88.9 cm³/mol. The number of rotatable bonds is 4. The van der Waals surface area contributed by atoms with Crippen molar-refractivity contribution in [1.82, 2.24) is 4.90 Å². The molecule has 126 valence electrons. The molecule has 4 nitrogen and oxygen atoms in total. The highest BCUT2D eigenvalue weighted by Gasteiger charge is 2.35. The topological polar surface area (TPSA) is 49.8 Å². The molecule has 1 N–H and O–H groups in total. The van der Waals surface area contributed by atoms with Crippen molar-refractivity contribution in [3.05, 3.63) is 35.4 Å². The van der Waals surface area contributed by atoms with Gasteiger partial charge in [-0.25, -0.2) is 0 Å². The summed E-state index contributed by atoms with van der Waals surface area (Å²) < 4.78 is 6.04. The Balaban J connectivity index is 1.45. The molecule has 1 aliphatic heterocycles. The summed E-state index contributed by atoms with van der Waals surface area (Å²) in [6, 6.07) is 8.29. The lowest BCUT2D eigenvalue weighted by Crippen LogP contribution is -2.45. The minimum absolute atomic E-state index is 0.146. The van der Waals surface area contributed by atoms with E-state index < -0.39 is 6.10 Å². The number of aryl methyl sites for hydroxylation is 1. The summed E-state index contributed by atoms with van der Waals surface area (Å²) >= 11 is 0. The van der Waals surface area contributed by atoms with Gasteiger partial charge >= 0.3 is 0 Å². The fraction of sp³-hybridized carbons (Fsp3) is 0.632. The predicted octanol–water partition coefficient (Wildman–Crippen LogP) is 2.66. The molecule has 3 rings (SSSR count). The average molecular weight is 317 g/mol. The molecule has 2 unspecified atom stereocenters. The Bertz CT molecular complexity index is 537. The molecule has 0 bridgehead atoms. The van der Waals surface area contributed by atoms with E-state index in [1.807, 2.05) is 17.0 Å². The molecule has 1 heterocycles. The maximum Gasteiger partial charge on any atom is 0.228 e. The van der Waals surface area contributed by atoms with Crippen molar-refractivity contribution in [2.75, 3.05) is 13.1 Å². The summed E-state index contributed by atoms with van der Waals surface area (Å²) in [5.74, 6) is -0.0215. The van der Waals surface area contributed by atoms with E-state index in [2.05, 4.69) is 19.1 Å². The third-order valence-corrected chi connectivity index (χ3v) is 5.29. The molecule has 2 atom stereocenters. The van der Waals surface area contributed by atoms with Gasteiger partial charge < -0.3 is 14.7 Å². The summed E-state index contributed by atoms with van der Waals surface area (Å²) in [5.41, 5.74) is 2.50. The van der Waals surface area contributed by atoms with Crippen molar-refractivity contribution >= 4 is 5.91 Å². The van der Waals surface area contributed by atoms with Gasteiger partial charge in [0.1, 0.15) is 0 Å². The molecule has 1 saturated heterocycles. The van der Waals surface area contributed by atoms with E-state index in [-0.39, 0.29) is 17.9 Å². The number of amides is 1. The number of ether oxygens (including phenoxy) is 1. The number of aliphatic hydroxyl groups is 1. The summed E-state index contributed by atoms with van der Waals surface area (Å²) in [6.45, 7) is 4.25. The Kier molecular flexibility index (Phi) is 5.34. The van der Waals surface area contributed by atoms with Crippen molar-refractivity contribution in [2.24, 2.45) is 5.92 Å². The molecular formula is C19H27NO3. The van der Waals surface area contributed by atoms with Crippen LogP contribution in [0.25, 0.3) is 0 Å². The number of piperidine rings is 1. The van der Waals surface area contributed by atoms with Gasteiger partial charge in [0.2, 0.25) is 5.91 Å². The summed E-state index contributed by atoms with van der Waals surface area (Å²) in [6.07, 6.45) is 4.15. The van der Waals surface area contributed by atoms with Gasteiger partial charge in [-0.2, -0.15) is 0 Å². The molecule has 1 amide bonds. The number of carbonyl (C=O) groups is 1. The number of aliphatic hydroxyl groups excluding tert-OH is 1. The van der Waals surface area contributed by atoms with Crippen molar-refractivity contribution in [3.8, 4) is 0 Å². The zero-order chi connectivity index (χ0) is 16.2. The average Bonchev–Trinajstić information content (AvgIpc) is 3.00. The van der Waals surface area contributed by atoms with Crippen LogP contribution in [0.2, 0.25) is 0 Å². The normalized spacial score (nSPS) is 25.7. The Labute approximate surface area is 138 Å². The zero-order valence-corrected chi connectivity index (χ0v) is 13.9. The fourth-order valence-corrected chi connectivity index (χ4v) is 3.69. The number of likely N-dealkylation sites (tertiary alicyclic amines) is 1. The first-order valence-electron chi connectivity index (χ1n) is 8.78. The van der Waals surface area contributed by atoms with Crippen LogP contribution in [-0.2, 0) is 16.1 Å². The largest absolute Gasteiger partial charge is 0.392 e. The molecule has 0 radical (unpaired) electrons. The summed E-state index contributed by atoms with van der Waals surface area (Å²) in [5, 5.41) is 9.91. The van der Waals surface area contributed by atoms with Crippen LogP contribution >= 0.6 is 0 Å². The van der Waals surface area contributed by atoms with Crippen LogP contribution in [-0.4, -0.2) is 41.2 Å².